The lowest BCUT2D eigenvalue weighted by Gasteiger charge is -2.20. The van der Waals surface area contributed by atoms with Crippen LogP contribution in [-0.4, -0.2) is 48.5 Å². The fourth-order valence-electron chi connectivity index (χ4n) is 4.29. The van der Waals surface area contributed by atoms with Crippen LogP contribution >= 0.6 is 0 Å². The number of hydrogen-bond acceptors (Lipinski definition) is 6. The molecule has 11 heteroatoms. The number of fused-ring (bicyclic) bond motifs is 2. The van der Waals surface area contributed by atoms with Gasteiger partial charge in [0.15, 0.2) is 11.6 Å². The zero-order valence-electron chi connectivity index (χ0n) is 19.7. The molecule has 0 atom stereocenters. The summed E-state index contributed by atoms with van der Waals surface area (Å²) >= 11 is 0. The molecule has 0 aliphatic carbocycles. The zero-order chi connectivity index (χ0) is 25.4. The number of hydrogen-bond donors (Lipinski definition) is 3. The van der Waals surface area contributed by atoms with E-state index in [-0.39, 0.29) is 28.7 Å². The standard InChI is InChI=1S/C25H24F2N8O/c1-3-9-34(4-2)24(36)17-12-35-22(23(28)29-13-30-35)20(17)14-5-7-16(8-6-14)31-25-32-19-11-15(26)10-18(27)21(19)33-25/h5-8,10-13H,3-4,9H2,1-2H3,(H2,28,29,30)(H2,31,32,33). The van der Waals surface area contributed by atoms with Gasteiger partial charge in [0.1, 0.15) is 23.2 Å². The summed E-state index contributed by atoms with van der Waals surface area (Å²) in [7, 11) is 0. The average molecular weight is 491 g/mol. The highest BCUT2D eigenvalue weighted by Gasteiger charge is 2.24. The Balaban J connectivity index is 1.52. The van der Waals surface area contributed by atoms with Gasteiger partial charge >= 0.3 is 0 Å². The molecule has 0 spiro atoms. The summed E-state index contributed by atoms with van der Waals surface area (Å²) in [5.74, 6) is -1.02. The van der Waals surface area contributed by atoms with Gasteiger partial charge in [0.05, 0.1) is 11.1 Å². The first-order chi connectivity index (χ1) is 17.4. The molecule has 1 amide bonds. The van der Waals surface area contributed by atoms with E-state index in [1.807, 2.05) is 26.0 Å². The van der Waals surface area contributed by atoms with Crippen molar-refractivity contribution >= 4 is 39.9 Å². The number of rotatable bonds is 7. The molecule has 0 aliphatic heterocycles. The predicted octanol–water partition coefficient (Wildman–Crippen LogP) is 4.75. The highest BCUT2D eigenvalue weighted by atomic mass is 19.1. The lowest BCUT2D eigenvalue weighted by Crippen LogP contribution is -2.31. The largest absolute Gasteiger partial charge is 0.382 e. The molecule has 4 N–H and O–H groups in total. The molecule has 3 aromatic heterocycles. The number of amides is 1. The number of carbonyl (C=O) groups excluding carboxylic acids is 1. The molecular formula is C25H24F2N8O. The Morgan fingerprint density at radius 1 is 1.19 bits per heavy atom. The molecule has 0 aliphatic rings. The average Bonchev–Trinajstić information content (AvgIpc) is 3.45. The molecule has 0 fully saturated rings. The molecule has 5 rings (SSSR count). The van der Waals surface area contributed by atoms with E-state index in [9.17, 15) is 13.6 Å². The lowest BCUT2D eigenvalue weighted by molar-refractivity contribution is 0.0765. The van der Waals surface area contributed by atoms with Crippen LogP contribution < -0.4 is 11.1 Å². The van der Waals surface area contributed by atoms with Gasteiger partial charge in [-0.15, -0.1) is 0 Å². The Labute approximate surface area is 205 Å². The van der Waals surface area contributed by atoms with Gasteiger partial charge in [0.25, 0.3) is 5.91 Å². The van der Waals surface area contributed by atoms with Gasteiger partial charge < -0.3 is 20.9 Å². The highest BCUT2D eigenvalue weighted by molar-refractivity contribution is 6.07. The van der Waals surface area contributed by atoms with Gasteiger partial charge in [0.2, 0.25) is 5.95 Å². The molecule has 9 nitrogen and oxygen atoms in total. The predicted molar refractivity (Wildman–Crippen MR) is 134 cm³/mol. The number of nitrogens with zero attached hydrogens (tertiary/aromatic N) is 5. The Kier molecular flexibility index (Phi) is 5.96. The maximum Gasteiger partial charge on any atom is 0.256 e. The number of aromatic amines is 1. The van der Waals surface area contributed by atoms with Crippen LogP contribution in [0.3, 0.4) is 0 Å². The van der Waals surface area contributed by atoms with Crippen LogP contribution in [-0.2, 0) is 0 Å². The third-order valence-electron chi connectivity index (χ3n) is 5.94. The second-order valence-corrected chi connectivity index (χ2v) is 8.31. The molecule has 184 valence electrons. The van der Waals surface area contributed by atoms with Gasteiger partial charge in [-0.25, -0.2) is 23.3 Å². The molecular weight excluding hydrogens is 466 g/mol. The molecule has 0 radical (unpaired) electrons. The zero-order valence-corrected chi connectivity index (χ0v) is 19.7. The fraction of sp³-hybridized carbons (Fsp3) is 0.200. The first-order valence-electron chi connectivity index (χ1n) is 11.5. The Morgan fingerprint density at radius 2 is 1.97 bits per heavy atom. The maximum absolute atomic E-state index is 14.0. The van der Waals surface area contributed by atoms with E-state index in [2.05, 4.69) is 25.4 Å². The molecule has 0 saturated carbocycles. The summed E-state index contributed by atoms with van der Waals surface area (Å²) in [5, 5.41) is 7.30. The lowest BCUT2D eigenvalue weighted by atomic mass is 10.0. The van der Waals surface area contributed by atoms with E-state index in [4.69, 9.17) is 5.73 Å². The normalized spacial score (nSPS) is 11.3. The van der Waals surface area contributed by atoms with Crippen molar-refractivity contribution in [3.8, 4) is 11.1 Å². The van der Waals surface area contributed by atoms with Crippen molar-refractivity contribution in [3.05, 3.63) is 66.1 Å². The Morgan fingerprint density at radius 3 is 2.69 bits per heavy atom. The number of carbonyl (C=O) groups is 1. The number of aromatic nitrogens is 5. The number of nitrogens with two attached hydrogens (primary N) is 1. The Hall–Kier alpha value is -4.54. The van der Waals surface area contributed by atoms with Gasteiger partial charge in [-0.1, -0.05) is 19.1 Å². The minimum absolute atomic E-state index is 0.0435. The van der Waals surface area contributed by atoms with Crippen LogP contribution in [0.25, 0.3) is 27.7 Å². The molecule has 0 bridgehead atoms. The van der Waals surface area contributed by atoms with Crippen LogP contribution in [0.5, 0.6) is 0 Å². The topological polar surface area (TPSA) is 117 Å². The summed E-state index contributed by atoms with van der Waals surface area (Å²) in [6.07, 6.45) is 3.86. The monoisotopic (exact) mass is 490 g/mol. The van der Waals surface area contributed by atoms with Crippen molar-refractivity contribution in [1.29, 1.82) is 0 Å². The number of imidazole rings is 1. The van der Waals surface area contributed by atoms with E-state index < -0.39 is 11.6 Å². The first-order valence-corrected chi connectivity index (χ1v) is 11.5. The number of halogens is 2. The van der Waals surface area contributed by atoms with E-state index in [1.165, 1.54) is 12.4 Å². The van der Waals surface area contributed by atoms with Crippen molar-refractivity contribution in [2.75, 3.05) is 24.1 Å². The molecule has 5 aromatic rings. The number of nitrogens with one attached hydrogen (secondary N) is 2. The van der Waals surface area contributed by atoms with Gasteiger partial charge in [-0.2, -0.15) is 5.10 Å². The van der Waals surface area contributed by atoms with Crippen LogP contribution in [0.2, 0.25) is 0 Å². The van der Waals surface area contributed by atoms with Gasteiger partial charge in [0, 0.05) is 36.6 Å². The Bertz CT molecular complexity index is 1580. The van der Waals surface area contributed by atoms with E-state index in [1.54, 1.807) is 27.7 Å². The highest BCUT2D eigenvalue weighted by Crippen LogP contribution is 2.34. The summed E-state index contributed by atoms with van der Waals surface area (Å²) in [4.78, 5) is 26.3. The summed E-state index contributed by atoms with van der Waals surface area (Å²) in [6.45, 7) is 5.17. The van der Waals surface area contributed by atoms with Crippen molar-refractivity contribution in [2.24, 2.45) is 0 Å². The van der Waals surface area contributed by atoms with Crippen molar-refractivity contribution in [2.45, 2.75) is 20.3 Å². The van der Waals surface area contributed by atoms with E-state index in [0.717, 1.165) is 18.1 Å². The van der Waals surface area contributed by atoms with Crippen molar-refractivity contribution in [3.63, 3.8) is 0 Å². The summed E-state index contributed by atoms with van der Waals surface area (Å²) < 4.78 is 29.1. The summed E-state index contributed by atoms with van der Waals surface area (Å²) in [5.41, 5.74) is 9.55. The quantitative estimate of drug-likeness (QED) is 0.303. The third-order valence-corrected chi connectivity index (χ3v) is 5.94. The third kappa shape index (κ3) is 4.08. The molecule has 36 heavy (non-hydrogen) atoms. The van der Waals surface area contributed by atoms with Crippen molar-refractivity contribution in [1.82, 2.24) is 29.5 Å². The minimum Gasteiger partial charge on any atom is -0.382 e. The maximum atomic E-state index is 14.0. The van der Waals surface area contributed by atoms with Crippen LogP contribution in [0.1, 0.15) is 30.6 Å². The summed E-state index contributed by atoms with van der Waals surface area (Å²) in [6, 6.07) is 9.22. The molecule has 3 heterocycles. The van der Waals surface area contributed by atoms with Crippen LogP contribution in [0.4, 0.5) is 26.2 Å². The minimum atomic E-state index is -0.744. The smallest absolute Gasteiger partial charge is 0.256 e. The second kappa shape index (κ2) is 9.25. The molecule has 2 aromatic carbocycles. The van der Waals surface area contributed by atoms with Crippen molar-refractivity contribution < 1.29 is 13.6 Å². The van der Waals surface area contributed by atoms with E-state index in [0.29, 0.717) is 35.4 Å². The van der Waals surface area contributed by atoms with Gasteiger partial charge in [-0.3, -0.25) is 4.79 Å². The van der Waals surface area contributed by atoms with Gasteiger partial charge in [-0.05, 0) is 37.1 Å². The van der Waals surface area contributed by atoms with E-state index >= 15 is 0 Å². The number of nitrogen functional groups attached to an aromatic ring is 1. The number of benzene rings is 2. The molecule has 0 unspecified atom stereocenters. The number of anilines is 3. The first kappa shape index (κ1) is 23.2. The SMILES string of the molecule is CCCN(CC)C(=O)c1cn2ncnc(N)c2c1-c1ccc(Nc2nc3c(F)cc(F)cc3[nH]2)cc1. The second-order valence-electron chi connectivity index (χ2n) is 8.31. The van der Waals surface area contributed by atoms with Crippen LogP contribution in [0.15, 0.2) is 48.9 Å². The number of H-pyrrole nitrogens is 1. The van der Waals surface area contributed by atoms with Crippen LogP contribution in [0, 0.1) is 11.6 Å². The fourth-order valence-corrected chi connectivity index (χ4v) is 4.29. The molecule has 0 saturated heterocycles.